The first-order chi connectivity index (χ1) is 8.10. The number of rotatable bonds is 3. The SMILES string of the molecule is COc1cn(Cc2c(F)cc(Br)cc2F)cn1. The summed E-state index contributed by atoms with van der Waals surface area (Å²) in [6.07, 6.45) is 3.03. The van der Waals surface area contributed by atoms with Crippen molar-refractivity contribution in [3.63, 3.8) is 0 Å². The second-order valence-corrected chi connectivity index (χ2v) is 4.35. The van der Waals surface area contributed by atoms with Crippen molar-refractivity contribution in [2.75, 3.05) is 7.11 Å². The van der Waals surface area contributed by atoms with Crippen molar-refractivity contribution in [1.82, 2.24) is 9.55 Å². The van der Waals surface area contributed by atoms with Crippen molar-refractivity contribution in [1.29, 1.82) is 0 Å². The Morgan fingerprint density at radius 1 is 1.35 bits per heavy atom. The van der Waals surface area contributed by atoms with Gasteiger partial charge in [0, 0.05) is 10.0 Å². The van der Waals surface area contributed by atoms with Gasteiger partial charge in [-0.3, -0.25) is 0 Å². The van der Waals surface area contributed by atoms with E-state index >= 15 is 0 Å². The lowest BCUT2D eigenvalue weighted by Crippen LogP contribution is -2.03. The Kier molecular flexibility index (Phi) is 3.42. The number of imidazole rings is 1. The van der Waals surface area contributed by atoms with Crippen LogP contribution in [0, 0.1) is 11.6 Å². The summed E-state index contributed by atoms with van der Waals surface area (Å²) in [6, 6.07) is 2.46. The summed E-state index contributed by atoms with van der Waals surface area (Å²) in [5, 5.41) is 0. The highest BCUT2D eigenvalue weighted by atomic mass is 79.9. The zero-order chi connectivity index (χ0) is 12.4. The molecule has 0 spiro atoms. The Morgan fingerprint density at radius 2 is 2.00 bits per heavy atom. The van der Waals surface area contributed by atoms with Gasteiger partial charge in [0.15, 0.2) is 0 Å². The maximum Gasteiger partial charge on any atom is 0.231 e. The lowest BCUT2D eigenvalue weighted by molar-refractivity contribution is 0.399. The molecule has 0 radical (unpaired) electrons. The molecule has 0 saturated carbocycles. The van der Waals surface area contributed by atoms with Gasteiger partial charge in [0.05, 0.1) is 26.2 Å². The predicted molar refractivity (Wildman–Crippen MR) is 61.9 cm³/mol. The van der Waals surface area contributed by atoms with Gasteiger partial charge in [-0.25, -0.2) is 13.8 Å². The molecule has 3 nitrogen and oxygen atoms in total. The number of benzene rings is 1. The maximum absolute atomic E-state index is 13.6. The van der Waals surface area contributed by atoms with Crippen molar-refractivity contribution < 1.29 is 13.5 Å². The normalized spacial score (nSPS) is 10.6. The standard InChI is InChI=1S/C11H9BrF2N2O/c1-17-11-5-16(6-15-11)4-8-9(13)2-7(12)3-10(8)14/h2-3,5-6H,4H2,1H3. The molecule has 0 fully saturated rings. The second-order valence-electron chi connectivity index (χ2n) is 3.44. The predicted octanol–water partition coefficient (Wildman–Crippen LogP) is 2.98. The molecule has 0 saturated heterocycles. The van der Waals surface area contributed by atoms with E-state index in [1.807, 2.05) is 0 Å². The van der Waals surface area contributed by atoms with Crippen LogP contribution in [0.15, 0.2) is 29.1 Å². The van der Waals surface area contributed by atoms with Gasteiger partial charge in [0.25, 0.3) is 0 Å². The third kappa shape index (κ3) is 2.63. The highest BCUT2D eigenvalue weighted by molar-refractivity contribution is 9.10. The molecular weight excluding hydrogens is 294 g/mol. The number of ether oxygens (including phenoxy) is 1. The van der Waals surface area contributed by atoms with Crippen LogP contribution < -0.4 is 4.74 Å². The van der Waals surface area contributed by atoms with Gasteiger partial charge in [0.2, 0.25) is 5.88 Å². The topological polar surface area (TPSA) is 27.1 Å². The molecule has 17 heavy (non-hydrogen) atoms. The van der Waals surface area contributed by atoms with E-state index in [-0.39, 0.29) is 12.1 Å². The first-order valence-electron chi connectivity index (χ1n) is 4.79. The molecule has 1 aromatic carbocycles. The molecule has 1 heterocycles. The molecule has 90 valence electrons. The molecular formula is C11H9BrF2N2O. The second kappa shape index (κ2) is 4.83. The fourth-order valence-electron chi connectivity index (χ4n) is 1.44. The number of aromatic nitrogens is 2. The minimum absolute atomic E-state index is 0.00625. The average molecular weight is 303 g/mol. The minimum Gasteiger partial charge on any atom is -0.480 e. The molecule has 0 atom stereocenters. The summed E-state index contributed by atoms with van der Waals surface area (Å²) in [4.78, 5) is 3.89. The third-order valence-corrected chi connectivity index (χ3v) is 2.72. The summed E-state index contributed by atoms with van der Waals surface area (Å²) in [5.74, 6) is -0.781. The molecule has 0 bridgehead atoms. The highest BCUT2D eigenvalue weighted by Crippen LogP contribution is 2.20. The van der Waals surface area contributed by atoms with Gasteiger partial charge in [0.1, 0.15) is 11.6 Å². The van der Waals surface area contributed by atoms with Crippen molar-refractivity contribution in [2.24, 2.45) is 0 Å². The monoisotopic (exact) mass is 302 g/mol. The number of hydrogen-bond acceptors (Lipinski definition) is 2. The summed E-state index contributed by atoms with van der Waals surface area (Å²) in [7, 11) is 1.48. The molecule has 2 aromatic rings. The van der Waals surface area contributed by atoms with Crippen LogP contribution in [0.5, 0.6) is 5.88 Å². The average Bonchev–Trinajstić information content (AvgIpc) is 2.71. The molecule has 0 aliphatic rings. The zero-order valence-electron chi connectivity index (χ0n) is 8.95. The van der Waals surface area contributed by atoms with Gasteiger partial charge in [-0.1, -0.05) is 15.9 Å². The molecule has 6 heteroatoms. The van der Waals surface area contributed by atoms with Gasteiger partial charge < -0.3 is 9.30 Å². The fourth-order valence-corrected chi connectivity index (χ4v) is 1.84. The maximum atomic E-state index is 13.6. The summed E-state index contributed by atoms with van der Waals surface area (Å²) < 4.78 is 33.9. The molecule has 0 N–H and O–H groups in total. The number of nitrogens with zero attached hydrogens (tertiary/aromatic N) is 2. The molecule has 0 amide bonds. The van der Waals surface area contributed by atoms with E-state index in [2.05, 4.69) is 20.9 Å². The van der Waals surface area contributed by atoms with Crippen LogP contribution in [0.4, 0.5) is 8.78 Å². The van der Waals surface area contributed by atoms with Crippen molar-refractivity contribution >= 4 is 15.9 Å². The summed E-state index contributed by atoms with van der Waals surface area (Å²) in [6.45, 7) is 0.0707. The lowest BCUT2D eigenvalue weighted by atomic mass is 10.2. The number of hydrogen-bond donors (Lipinski definition) is 0. The van der Waals surface area contributed by atoms with Crippen molar-refractivity contribution in [3.8, 4) is 5.88 Å². The lowest BCUT2D eigenvalue weighted by Gasteiger charge is -2.06. The Bertz CT molecular complexity index is 519. The van der Waals surface area contributed by atoms with Gasteiger partial charge in [-0.05, 0) is 12.1 Å². The quantitative estimate of drug-likeness (QED) is 0.871. The summed E-state index contributed by atoms with van der Waals surface area (Å²) >= 11 is 3.03. The Balaban J connectivity index is 2.29. The number of methoxy groups -OCH3 is 1. The molecule has 0 aliphatic carbocycles. The zero-order valence-corrected chi connectivity index (χ0v) is 10.5. The van der Waals surface area contributed by atoms with Crippen LogP contribution in [0.2, 0.25) is 0 Å². The minimum atomic E-state index is -0.593. The first-order valence-corrected chi connectivity index (χ1v) is 5.58. The number of halogens is 3. The molecule has 1 aromatic heterocycles. The van der Waals surface area contributed by atoms with Crippen LogP contribution in [0.1, 0.15) is 5.56 Å². The van der Waals surface area contributed by atoms with Gasteiger partial charge in [-0.15, -0.1) is 0 Å². The Morgan fingerprint density at radius 3 is 2.53 bits per heavy atom. The van der Waals surface area contributed by atoms with E-state index in [4.69, 9.17) is 4.74 Å². The first kappa shape index (κ1) is 12.0. The molecule has 0 aliphatic heterocycles. The van der Waals surface area contributed by atoms with Crippen LogP contribution in [-0.2, 0) is 6.54 Å². The summed E-state index contributed by atoms with van der Waals surface area (Å²) in [5.41, 5.74) is -0.00625. The van der Waals surface area contributed by atoms with E-state index in [1.165, 1.54) is 25.6 Å². The highest BCUT2D eigenvalue weighted by Gasteiger charge is 2.11. The third-order valence-electron chi connectivity index (χ3n) is 2.27. The van der Waals surface area contributed by atoms with E-state index in [0.717, 1.165) is 0 Å². The van der Waals surface area contributed by atoms with Crippen molar-refractivity contribution in [3.05, 3.63) is 46.3 Å². The largest absolute Gasteiger partial charge is 0.480 e. The Labute approximate surface area is 105 Å². The van der Waals surface area contributed by atoms with Crippen LogP contribution in [-0.4, -0.2) is 16.7 Å². The van der Waals surface area contributed by atoms with E-state index in [0.29, 0.717) is 10.4 Å². The molecule has 2 rings (SSSR count). The van der Waals surface area contributed by atoms with E-state index in [9.17, 15) is 8.78 Å². The smallest absolute Gasteiger partial charge is 0.231 e. The van der Waals surface area contributed by atoms with Crippen LogP contribution >= 0.6 is 15.9 Å². The van der Waals surface area contributed by atoms with Crippen LogP contribution in [0.3, 0.4) is 0 Å². The fraction of sp³-hybridized carbons (Fsp3) is 0.182. The van der Waals surface area contributed by atoms with Crippen LogP contribution in [0.25, 0.3) is 0 Å². The van der Waals surface area contributed by atoms with E-state index < -0.39 is 11.6 Å². The van der Waals surface area contributed by atoms with Gasteiger partial charge in [-0.2, -0.15) is 0 Å². The molecule has 0 unspecified atom stereocenters. The van der Waals surface area contributed by atoms with E-state index in [1.54, 1.807) is 10.8 Å². The Hall–Kier alpha value is -1.43. The van der Waals surface area contributed by atoms with Crippen molar-refractivity contribution in [2.45, 2.75) is 6.54 Å². The van der Waals surface area contributed by atoms with Gasteiger partial charge >= 0.3 is 0 Å².